The molecule has 1 saturated heterocycles. The molecule has 21 heavy (non-hydrogen) atoms. The number of halogens is 1. The van der Waals surface area contributed by atoms with Crippen LogP contribution in [0.5, 0.6) is 0 Å². The van der Waals surface area contributed by atoms with Gasteiger partial charge in [0.25, 0.3) is 0 Å². The maximum absolute atomic E-state index is 6.09. The smallest absolute Gasteiger partial charge is 0.400 e. The second-order valence-electron chi connectivity index (χ2n) is 6.12. The van der Waals surface area contributed by atoms with Gasteiger partial charge in [0, 0.05) is 24.0 Å². The Morgan fingerprint density at radius 3 is 2.38 bits per heavy atom. The van der Waals surface area contributed by atoms with Crippen LogP contribution in [0.3, 0.4) is 0 Å². The summed E-state index contributed by atoms with van der Waals surface area (Å²) < 4.78 is 12.0. The first-order valence-electron chi connectivity index (χ1n) is 6.84. The molecule has 1 aromatic heterocycles. The molecule has 7 heteroatoms. The van der Waals surface area contributed by atoms with Gasteiger partial charge in [-0.2, -0.15) is 0 Å². The summed E-state index contributed by atoms with van der Waals surface area (Å²) in [5.74, 6) is 0. The number of nitrogens with zero attached hydrogens (tertiary/aromatic N) is 1. The summed E-state index contributed by atoms with van der Waals surface area (Å²) in [6, 6.07) is 1.69. The van der Waals surface area contributed by atoms with Crippen LogP contribution in [-0.2, 0) is 9.31 Å². The average molecular weight is 310 g/mol. The molecule has 0 atom stereocenters. The van der Waals surface area contributed by atoms with E-state index in [4.69, 9.17) is 32.4 Å². The molecule has 5 nitrogen and oxygen atoms in total. The molecule has 0 amide bonds. The van der Waals surface area contributed by atoms with E-state index in [0.717, 1.165) is 5.47 Å². The zero-order chi connectivity index (χ0) is 15.8. The fourth-order valence-electron chi connectivity index (χ4n) is 2.01. The molecule has 1 fully saturated rings. The van der Waals surface area contributed by atoms with E-state index in [1.807, 2.05) is 27.7 Å². The highest BCUT2D eigenvalue weighted by Crippen LogP contribution is 2.39. The van der Waals surface area contributed by atoms with Gasteiger partial charge < -0.3 is 20.8 Å². The molecule has 0 radical (unpaired) electrons. The molecule has 1 aromatic rings. The molecule has 0 unspecified atom stereocenters. The zero-order valence-electron chi connectivity index (χ0n) is 12.8. The van der Waals surface area contributed by atoms with Gasteiger partial charge in [-0.25, -0.2) is 4.98 Å². The minimum Gasteiger partial charge on any atom is -0.400 e. The lowest BCUT2D eigenvalue weighted by Crippen LogP contribution is -2.41. The van der Waals surface area contributed by atoms with Gasteiger partial charge in [0.05, 0.1) is 11.2 Å². The minimum atomic E-state index is -0.518. The van der Waals surface area contributed by atoms with Gasteiger partial charge in [-0.05, 0) is 39.2 Å². The summed E-state index contributed by atoms with van der Waals surface area (Å²) in [5, 5.41) is 0.331. The molecule has 2 rings (SSSR count). The van der Waals surface area contributed by atoms with Crippen LogP contribution in [-0.4, -0.2) is 29.8 Å². The number of hydrogen-bond acceptors (Lipinski definition) is 5. The molecule has 4 N–H and O–H groups in total. The van der Waals surface area contributed by atoms with Crippen LogP contribution in [0.25, 0.3) is 6.08 Å². The maximum Gasteiger partial charge on any atom is 0.491 e. The monoisotopic (exact) mass is 309 g/mol. The normalized spacial score (nSPS) is 20.9. The summed E-state index contributed by atoms with van der Waals surface area (Å²) in [5.41, 5.74) is 12.9. The molecule has 0 spiro atoms. The topological polar surface area (TPSA) is 83.4 Å². The Morgan fingerprint density at radius 1 is 1.33 bits per heavy atom. The first-order valence-corrected chi connectivity index (χ1v) is 7.22. The van der Waals surface area contributed by atoms with Crippen molar-refractivity contribution in [1.29, 1.82) is 0 Å². The van der Waals surface area contributed by atoms with Crippen LogP contribution in [0.15, 0.2) is 17.7 Å². The summed E-state index contributed by atoms with van der Waals surface area (Å²) >= 11 is 6.09. The van der Waals surface area contributed by atoms with Crippen molar-refractivity contribution in [2.24, 2.45) is 5.73 Å². The van der Waals surface area contributed by atoms with Gasteiger partial charge in [0.1, 0.15) is 5.15 Å². The minimum absolute atomic E-state index is 0.279. The number of pyridine rings is 1. The Hall–Kier alpha value is -1.08. The van der Waals surface area contributed by atoms with E-state index in [1.54, 1.807) is 18.3 Å². The van der Waals surface area contributed by atoms with Crippen molar-refractivity contribution in [1.82, 2.24) is 4.98 Å². The molecule has 0 saturated carbocycles. The Balaban J connectivity index is 2.36. The molecule has 1 aliphatic heterocycles. The molecule has 114 valence electrons. The van der Waals surface area contributed by atoms with Crippen LogP contribution in [0.1, 0.15) is 33.3 Å². The van der Waals surface area contributed by atoms with E-state index in [2.05, 4.69) is 4.98 Å². The molecule has 0 aliphatic carbocycles. The van der Waals surface area contributed by atoms with Gasteiger partial charge in [0.15, 0.2) is 0 Å². The second kappa shape index (κ2) is 5.61. The molecule has 0 aromatic carbocycles. The predicted octanol–water partition coefficient (Wildman–Crippen LogP) is 2.29. The highest BCUT2D eigenvalue weighted by atomic mass is 35.5. The standard InChI is InChI=1S/C14H21BClN3O2/c1-13(2)14(3,4)21-15(20-13)9(8-17)7-10-11(18)5-6-19-12(10)16/h5-7H,8,17H2,1-4H3,(H2,18,19). The van der Waals surface area contributed by atoms with Gasteiger partial charge in [-0.3, -0.25) is 0 Å². The third-order valence-electron chi connectivity index (χ3n) is 4.10. The van der Waals surface area contributed by atoms with Crippen molar-refractivity contribution < 1.29 is 9.31 Å². The van der Waals surface area contributed by atoms with Crippen molar-refractivity contribution >= 4 is 30.5 Å². The lowest BCUT2D eigenvalue weighted by molar-refractivity contribution is 0.00578. The van der Waals surface area contributed by atoms with E-state index in [-0.39, 0.29) is 6.54 Å². The summed E-state index contributed by atoms with van der Waals surface area (Å²) in [7, 11) is -0.518. The number of hydrogen-bond donors (Lipinski definition) is 2. The van der Waals surface area contributed by atoms with Crippen LogP contribution in [0.2, 0.25) is 5.15 Å². The van der Waals surface area contributed by atoms with Crippen molar-refractivity contribution in [2.75, 3.05) is 12.3 Å². The van der Waals surface area contributed by atoms with E-state index in [0.29, 0.717) is 16.4 Å². The second-order valence-corrected chi connectivity index (χ2v) is 6.47. The van der Waals surface area contributed by atoms with Gasteiger partial charge in [0.2, 0.25) is 0 Å². The SMILES string of the molecule is CC1(C)OB(C(=Cc2c(N)ccnc2Cl)CN)OC1(C)C. The molecular formula is C14H21BClN3O2. The van der Waals surface area contributed by atoms with Crippen LogP contribution in [0, 0.1) is 0 Å². The van der Waals surface area contributed by atoms with E-state index in [9.17, 15) is 0 Å². The fraction of sp³-hybridized carbons (Fsp3) is 0.500. The highest BCUT2D eigenvalue weighted by molar-refractivity contribution is 6.56. The Labute approximate surface area is 130 Å². The lowest BCUT2D eigenvalue weighted by Gasteiger charge is -2.32. The molecular weight excluding hydrogens is 288 g/mol. The fourth-order valence-corrected chi connectivity index (χ4v) is 2.23. The number of nitrogen functional groups attached to an aromatic ring is 1. The first kappa shape index (κ1) is 16.3. The summed E-state index contributed by atoms with van der Waals surface area (Å²) in [4.78, 5) is 4.03. The summed E-state index contributed by atoms with van der Waals surface area (Å²) in [6.07, 6.45) is 3.36. The molecule has 0 bridgehead atoms. The van der Waals surface area contributed by atoms with E-state index < -0.39 is 18.3 Å². The number of rotatable bonds is 3. The Kier molecular flexibility index (Phi) is 4.35. The highest BCUT2D eigenvalue weighted by Gasteiger charge is 2.52. The van der Waals surface area contributed by atoms with Crippen LogP contribution in [0.4, 0.5) is 5.69 Å². The lowest BCUT2D eigenvalue weighted by atomic mass is 9.77. The predicted molar refractivity (Wildman–Crippen MR) is 86.8 cm³/mol. The quantitative estimate of drug-likeness (QED) is 0.661. The molecule has 2 heterocycles. The average Bonchev–Trinajstić information content (AvgIpc) is 2.58. The van der Waals surface area contributed by atoms with Crippen molar-refractivity contribution in [3.05, 3.63) is 28.5 Å². The van der Waals surface area contributed by atoms with E-state index in [1.165, 1.54) is 0 Å². The third-order valence-corrected chi connectivity index (χ3v) is 4.40. The molecule has 1 aliphatic rings. The van der Waals surface area contributed by atoms with Gasteiger partial charge in [-0.15, -0.1) is 0 Å². The van der Waals surface area contributed by atoms with E-state index >= 15 is 0 Å². The largest absolute Gasteiger partial charge is 0.491 e. The Morgan fingerprint density at radius 2 is 1.90 bits per heavy atom. The number of anilines is 1. The summed E-state index contributed by atoms with van der Waals surface area (Å²) in [6.45, 7) is 8.25. The van der Waals surface area contributed by atoms with Gasteiger partial charge >= 0.3 is 7.12 Å². The van der Waals surface area contributed by atoms with Crippen molar-refractivity contribution in [2.45, 2.75) is 38.9 Å². The van der Waals surface area contributed by atoms with Crippen LogP contribution >= 0.6 is 11.6 Å². The number of nitrogens with two attached hydrogens (primary N) is 2. The first-order chi connectivity index (χ1) is 9.68. The maximum atomic E-state index is 6.09. The number of aromatic nitrogens is 1. The third kappa shape index (κ3) is 3.08. The van der Waals surface area contributed by atoms with Crippen molar-refractivity contribution in [3.63, 3.8) is 0 Å². The Bertz CT molecular complexity index is 539. The zero-order valence-corrected chi connectivity index (χ0v) is 13.6. The van der Waals surface area contributed by atoms with Crippen LogP contribution < -0.4 is 11.5 Å². The van der Waals surface area contributed by atoms with Crippen molar-refractivity contribution in [3.8, 4) is 0 Å². The van der Waals surface area contributed by atoms with Gasteiger partial charge in [-0.1, -0.05) is 17.7 Å².